The van der Waals surface area contributed by atoms with Gasteiger partial charge in [0.2, 0.25) is 0 Å². The van der Waals surface area contributed by atoms with Gasteiger partial charge in [-0.1, -0.05) is 41.9 Å². The fraction of sp³-hybridized carbons (Fsp3) is 0.136. The highest BCUT2D eigenvalue weighted by Crippen LogP contribution is 2.23. The largest absolute Gasteiger partial charge is 0.490 e. The highest BCUT2D eigenvalue weighted by atomic mass is 35.5. The molecule has 0 aliphatic rings. The van der Waals surface area contributed by atoms with E-state index in [4.69, 9.17) is 25.8 Å². The molecule has 0 aromatic heterocycles. The molecule has 1 amide bonds. The number of hydrogen-bond acceptors (Lipinski definition) is 4. The van der Waals surface area contributed by atoms with E-state index in [0.29, 0.717) is 35.4 Å². The van der Waals surface area contributed by atoms with Crippen LogP contribution >= 0.6 is 11.6 Å². The fourth-order valence-corrected chi connectivity index (χ4v) is 2.56. The second kappa shape index (κ2) is 10.2. The Labute approximate surface area is 168 Å². The zero-order valence-electron chi connectivity index (χ0n) is 15.1. The van der Waals surface area contributed by atoms with Crippen LogP contribution in [0.25, 0.3) is 0 Å². The first-order chi connectivity index (χ1) is 13.7. The summed E-state index contributed by atoms with van der Waals surface area (Å²) >= 11 is 5.99. The van der Waals surface area contributed by atoms with Gasteiger partial charge in [-0.15, -0.1) is 0 Å². The number of para-hydroxylation sites is 2. The minimum absolute atomic E-state index is 0.126. The minimum atomic E-state index is -0.273. The van der Waals surface area contributed by atoms with Crippen molar-refractivity contribution >= 4 is 23.2 Å². The van der Waals surface area contributed by atoms with Crippen LogP contribution in [0.15, 0.2) is 78.9 Å². The Kier molecular flexibility index (Phi) is 7.15. The van der Waals surface area contributed by atoms with Gasteiger partial charge in [0.1, 0.15) is 30.5 Å². The third-order valence-corrected chi connectivity index (χ3v) is 4.01. The lowest BCUT2D eigenvalue weighted by Gasteiger charge is -2.10. The van der Waals surface area contributed by atoms with E-state index in [2.05, 4.69) is 5.32 Å². The molecule has 0 radical (unpaired) electrons. The molecule has 3 aromatic carbocycles. The normalized spacial score (nSPS) is 10.2. The summed E-state index contributed by atoms with van der Waals surface area (Å²) in [6.07, 6.45) is 0. The molecule has 0 spiro atoms. The zero-order valence-corrected chi connectivity index (χ0v) is 15.9. The standard InChI is InChI=1S/C22H20ClNO4/c23-20-8-4-5-9-21(20)28-16-22(25)24-17-10-12-19(13-11-17)27-15-14-26-18-6-2-1-3-7-18/h1-13H,14-16H2,(H,24,25). The Morgan fingerprint density at radius 3 is 2.04 bits per heavy atom. The molecule has 0 saturated heterocycles. The lowest BCUT2D eigenvalue weighted by atomic mass is 10.3. The first-order valence-electron chi connectivity index (χ1n) is 8.78. The van der Waals surface area contributed by atoms with Crippen LogP contribution in [-0.4, -0.2) is 25.7 Å². The maximum atomic E-state index is 12.0. The number of amides is 1. The number of carbonyl (C=O) groups excluding carboxylic acids is 1. The lowest BCUT2D eigenvalue weighted by Crippen LogP contribution is -2.20. The van der Waals surface area contributed by atoms with Gasteiger partial charge in [-0.05, 0) is 48.5 Å². The van der Waals surface area contributed by atoms with Crippen molar-refractivity contribution in [2.24, 2.45) is 0 Å². The average Bonchev–Trinajstić information content (AvgIpc) is 2.72. The summed E-state index contributed by atoms with van der Waals surface area (Å²) in [7, 11) is 0. The number of halogens is 1. The summed E-state index contributed by atoms with van der Waals surface area (Å²) in [5, 5.41) is 3.23. The highest BCUT2D eigenvalue weighted by Gasteiger charge is 2.06. The van der Waals surface area contributed by atoms with E-state index in [1.807, 2.05) is 30.3 Å². The van der Waals surface area contributed by atoms with Crippen molar-refractivity contribution in [2.75, 3.05) is 25.1 Å². The Bertz CT molecular complexity index is 885. The molecule has 3 aromatic rings. The molecule has 28 heavy (non-hydrogen) atoms. The van der Waals surface area contributed by atoms with Crippen LogP contribution in [0.2, 0.25) is 5.02 Å². The summed E-state index contributed by atoms with van der Waals surface area (Å²) in [6, 6.07) is 23.7. The van der Waals surface area contributed by atoms with Crippen LogP contribution in [0.4, 0.5) is 5.69 Å². The van der Waals surface area contributed by atoms with E-state index in [0.717, 1.165) is 5.75 Å². The average molecular weight is 398 g/mol. The van der Waals surface area contributed by atoms with Gasteiger partial charge in [0, 0.05) is 5.69 Å². The predicted molar refractivity (Wildman–Crippen MR) is 109 cm³/mol. The van der Waals surface area contributed by atoms with Gasteiger partial charge < -0.3 is 19.5 Å². The summed E-state index contributed by atoms with van der Waals surface area (Å²) in [5.41, 5.74) is 0.653. The molecule has 144 valence electrons. The monoisotopic (exact) mass is 397 g/mol. The second-order valence-electron chi connectivity index (χ2n) is 5.80. The van der Waals surface area contributed by atoms with Crippen molar-refractivity contribution in [3.63, 3.8) is 0 Å². The SMILES string of the molecule is O=C(COc1ccccc1Cl)Nc1ccc(OCCOc2ccccc2)cc1. The topological polar surface area (TPSA) is 56.8 Å². The Hall–Kier alpha value is -3.18. The van der Waals surface area contributed by atoms with Crippen LogP contribution < -0.4 is 19.5 Å². The number of benzene rings is 3. The lowest BCUT2D eigenvalue weighted by molar-refractivity contribution is -0.118. The van der Waals surface area contributed by atoms with Crippen LogP contribution in [-0.2, 0) is 4.79 Å². The van der Waals surface area contributed by atoms with Gasteiger partial charge in [0.05, 0.1) is 5.02 Å². The smallest absolute Gasteiger partial charge is 0.262 e. The van der Waals surface area contributed by atoms with Crippen LogP contribution in [0.1, 0.15) is 0 Å². The summed E-state index contributed by atoms with van der Waals surface area (Å²) in [4.78, 5) is 12.0. The molecule has 0 fully saturated rings. The van der Waals surface area contributed by atoms with Crippen molar-refractivity contribution in [1.82, 2.24) is 0 Å². The first kappa shape index (κ1) is 19.6. The molecule has 0 aliphatic carbocycles. The van der Waals surface area contributed by atoms with Crippen molar-refractivity contribution in [2.45, 2.75) is 0 Å². The number of rotatable bonds is 9. The number of anilines is 1. The van der Waals surface area contributed by atoms with E-state index < -0.39 is 0 Å². The van der Waals surface area contributed by atoms with Gasteiger partial charge in [0.15, 0.2) is 6.61 Å². The molecule has 5 nitrogen and oxygen atoms in total. The summed E-state index contributed by atoms with van der Waals surface area (Å²) in [5.74, 6) is 1.70. The number of carbonyl (C=O) groups is 1. The highest BCUT2D eigenvalue weighted by molar-refractivity contribution is 6.32. The molecule has 1 N–H and O–H groups in total. The van der Waals surface area contributed by atoms with Crippen LogP contribution in [0.5, 0.6) is 17.2 Å². The van der Waals surface area contributed by atoms with Gasteiger partial charge in [-0.25, -0.2) is 0 Å². The number of ether oxygens (including phenoxy) is 3. The van der Waals surface area contributed by atoms with E-state index in [1.165, 1.54) is 0 Å². The van der Waals surface area contributed by atoms with E-state index >= 15 is 0 Å². The van der Waals surface area contributed by atoms with E-state index in [1.54, 1.807) is 48.5 Å². The first-order valence-corrected chi connectivity index (χ1v) is 9.16. The Balaban J connectivity index is 1.39. The van der Waals surface area contributed by atoms with Crippen LogP contribution in [0.3, 0.4) is 0 Å². The number of nitrogens with one attached hydrogen (secondary N) is 1. The van der Waals surface area contributed by atoms with Gasteiger partial charge in [-0.2, -0.15) is 0 Å². The molecular weight excluding hydrogens is 378 g/mol. The maximum absolute atomic E-state index is 12.0. The van der Waals surface area contributed by atoms with Crippen molar-refractivity contribution in [3.05, 3.63) is 83.9 Å². The van der Waals surface area contributed by atoms with Gasteiger partial charge >= 0.3 is 0 Å². The minimum Gasteiger partial charge on any atom is -0.490 e. The summed E-state index contributed by atoms with van der Waals surface area (Å²) in [6.45, 7) is 0.743. The van der Waals surface area contributed by atoms with Crippen molar-refractivity contribution in [3.8, 4) is 17.2 Å². The third-order valence-electron chi connectivity index (χ3n) is 3.70. The Morgan fingerprint density at radius 1 is 0.750 bits per heavy atom. The maximum Gasteiger partial charge on any atom is 0.262 e. The molecule has 0 heterocycles. The third kappa shape index (κ3) is 6.21. The fourth-order valence-electron chi connectivity index (χ4n) is 2.37. The molecule has 0 saturated carbocycles. The predicted octanol–water partition coefficient (Wildman–Crippen LogP) is 4.82. The molecule has 0 unspecified atom stereocenters. The van der Waals surface area contributed by atoms with E-state index in [9.17, 15) is 4.79 Å². The number of hydrogen-bond donors (Lipinski definition) is 1. The molecule has 0 atom stereocenters. The van der Waals surface area contributed by atoms with Crippen molar-refractivity contribution < 1.29 is 19.0 Å². The molecular formula is C22H20ClNO4. The quantitative estimate of drug-likeness (QED) is 0.526. The second-order valence-corrected chi connectivity index (χ2v) is 6.21. The molecule has 3 rings (SSSR count). The van der Waals surface area contributed by atoms with Gasteiger partial charge in [0.25, 0.3) is 5.91 Å². The van der Waals surface area contributed by atoms with Crippen LogP contribution in [0, 0.1) is 0 Å². The Morgan fingerprint density at radius 2 is 1.36 bits per heavy atom. The van der Waals surface area contributed by atoms with E-state index in [-0.39, 0.29) is 12.5 Å². The molecule has 0 aliphatic heterocycles. The van der Waals surface area contributed by atoms with Gasteiger partial charge in [-0.3, -0.25) is 4.79 Å². The zero-order chi connectivity index (χ0) is 19.6. The summed E-state index contributed by atoms with van der Waals surface area (Å²) < 4.78 is 16.6. The molecule has 6 heteroatoms. The van der Waals surface area contributed by atoms with Crippen molar-refractivity contribution in [1.29, 1.82) is 0 Å². The molecule has 0 bridgehead atoms.